The summed E-state index contributed by atoms with van der Waals surface area (Å²) < 4.78 is 18.6. The van der Waals surface area contributed by atoms with Gasteiger partial charge in [0, 0.05) is 40.9 Å². The van der Waals surface area contributed by atoms with E-state index < -0.39 is 24.3 Å². The highest BCUT2D eigenvalue weighted by Gasteiger charge is 2.17. The summed E-state index contributed by atoms with van der Waals surface area (Å²) in [6.07, 6.45) is -0.0490. The number of Topliss-reactive ketones (excluding diaryl/α,β-unsaturated/α-hetero) is 1. The minimum atomic E-state index is -0.611. The summed E-state index contributed by atoms with van der Waals surface area (Å²) in [4.78, 5) is 39.2. The van der Waals surface area contributed by atoms with E-state index in [1.165, 1.54) is 29.4 Å². The molecule has 0 aliphatic rings. The molecule has 1 amide bonds. The summed E-state index contributed by atoms with van der Waals surface area (Å²) in [7, 11) is 1.51. The number of hydrogen-bond acceptors (Lipinski definition) is 5. The molecule has 1 aromatic heterocycles. The first-order chi connectivity index (χ1) is 12.8. The Morgan fingerprint density at radius 2 is 1.85 bits per heavy atom. The van der Waals surface area contributed by atoms with E-state index >= 15 is 0 Å². The second-order valence-electron chi connectivity index (χ2n) is 6.25. The van der Waals surface area contributed by atoms with Gasteiger partial charge in [0.25, 0.3) is 5.91 Å². The minimum Gasteiger partial charge on any atom is -0.456 e. The lowest BCUT2D eigenvalue weighted by molar-refractivity contribution is -0.151. The fourth-order valence-corrected chi connectivity index (χ4v) is 3.50. The Kier molecular flexibility index (Phi) is 7.24. The minimum absolute atomic E-state index is 0.0368. The average molecular weight is 391 g/mol. The fraction of sp³-hybridized carbons (Fsp3) is 0.350. The van der Waals surface area contributed by atoms with Gasteiger partial charge >= 0.3 is 5.97 Å². The SMILES string of the molecule is Cc1cc(C(=O)CCC(=O)OCC(=O)N(C)Cc2ccccc2F)c(C)s1. The zero-order chi connectivity index (χ0) is 20.0. The summed E-state index contributed by atoms with van der Waals surface area (Å²) in [5.41, 5.74) is 1.01. The molecule has 0 N–H and O–H groups in total. The molecule has 0 bridgehead atoms. The lowest BCUT2D eigenvalue weighted by atomic mass is 10.1. The topological polar surface area (TPSA) is 63.7 Å². The number of halogens is 1. The lowest BCUT2D eigenvalue weighted by Gasteiger charge is -2.17. The van der Waals surface area contributed by atoms with Crippen molar-refractivity contribution in [3.05, 3.63) is 57.0 Å². The maximum atomic E-state index is 13.6. The Balaban J connectivity index is 1.76. The maximum Gasteiger partial charge on any atom is 0.306 e. The van der Waals surface area contributed by atoms with E-state index in [2.05, 4.69) is 0 Å². The van der Waals surface area contributed by atoms with Crippen molar-refractivity contribution >= 4 is 29.0 Å². The molecule has 0 fully saturated rings. The van der Waals surface area contributed by atoms with Crippen molar-refractivity contribution in [1.29, 1.82) is 0 Å². The molecule has 2 rings (SSSR count). The second-order valence-corrected chi connectivity index (χ2v) is 7.71. The molecule has 0 radical (unpaired) electrons. The summed E-state index contributed by atoms with van der Waals surface area (Å²) in [5, 5.41) is 0. The van der Waals surface area contributed by atoms with Crippen molar-refractivity contribution in [3.8, 4) is 0 Å². The van der Waals surface area contributed by atoms with Gasteiger partial charge in [-0.15, -0.1) is 11.3 Å². The van der Waals surface area contributed by atoms with Gasteiger partial charge in [0.05, 0.1) is 6.42 Å². The number of esters is 1. The average Bonchev–Trinajstić information content (AvgIpc) is 2.97. The van der Waals surface area contributed by atoms with Crippen LogP contribution in [0.1, 0.15) is 38.5 Å². The third-order valence-electron chi connectivity index (χ3n) is 4.05. The van der Waals surface area contributed by atoms with E-state index in [0.29, 0.717) is 11.1 Å². The van der Waals surface area contributed by atoms with Crippen LogP contribution in [0.4, 0.5) is 4.39 Å². The Morgan fingerprint density at radius 1 is 1.15 bits per heavy atom. The van der Waals surface area contributed by atoms with Crippen LogP contribution in [0.2, 0.25) is 0 Å². The molecule has 7 heteroatoms. The van der Waals surface area contributed by atoms with Crippen LogP contribution in [0.5, 0.6) is 0 Å². The van der Waals surface area contributed by atoms with Crippen LogP contribution in [0, 0.1) is 19.7 Å². The normalized spacial score (nSPS) is 10.5. The standard InChI is InChI=1S/C20H22FNO4S/c1-13-10-16(14(2)27-13)18(23)8-9-20(25)26-12-19(24)22(3)11-15-6-4-5-7-17(15)21/h4-7,10H,8-9,11-12H2,1-3H3. The van der Waals surface area contributed by atoms with Crippen molar-refractivity contribution in [3.63, 3.8) is 0 Å². The van der Waals surface area contributed by atoms with Crippen LogP contribution in [0.15, 0.2) is 30.3 Å². The highest BCUT2D eigenvalue weighted by Crippen LogP contribution is 2.22. The van der Waals surface area contributed by atoms with Crippen molar-refractivity contribution < 1.29 is 23.5 Å². The van der Waals surface area contributed by atoms with Crippen LogP contribution in [-0.2, 0) is 20.9 Å². The van der Waals surface area contributed by atoms with Gasteiger partial charge in [0.1, 0.15) is 5.82 Å². The number of aryl methyl sites for hydroxylation is 2. The maximum absolute atomic E-state index is 13.6. The summed E-state index contributed by atoms with van der Waals surface area (Å²) in [6, 6.07) is 7.98. The number of carbonyl (C=O) groups is 3. The van der Waals surface area contributed by atoms with E-state index in [9.17, 15) is 18.8 Å². The molecule has 0 aliphatic heterocycles. The number of carbonyl (C=O) groups excluding carboxylic acids is 3. The molecule has 0 unspecified atom stereocenters. The number of nitrogens with zero attached hydrogens (tertiary/aromatic N) is 1. The highest BCUT2D eigenvalue weighted by molar-refractivity contribution is 7.12. The van der Waals surface area contributed by atoms with Gasteiger partial charge in [0.15, 0.2) is 12.4 Å². The molecule has 144 valence electrons. The van der Waals surface area contributed by atoms with E-state index in [4.69, 9.17) is 4.74 Å². The van der Waals surface area contributed by atoms with Crippen molar-refractivity contribution in [2.24, 2.45) is 0 Å². The molecule has 0 aliphatic carbocycles. The predicted molar refractivity (Wildman–Crippen MR) is 101 cm³/mol. The number of hydrogen-bond donors (Lipinski definition) is 0. The first-order valence-corrected chi connectivity index (χ1v) is 9.32. The molecule has 0 atom stereocenters. The van der Waals surface area contributed by atoms with Crippen molar-refractivity contribution in [2.45, 2.75) is 33.2 Å². The fourth-order valence-electron chi connectivity index (χ4n) is 2.55. The molecule has 27 heavy (non-hydrogen) atoms. The van der Waals surface area contributed by atoms with Gasteiger partial charge in [-0.05, 0) is 26.0 Å². The first-order valence-electron chi connectivity index (χ1n) is 8.51. The Labute approximate surface area is 161 Å². The lowest BCUT2D eigenvalue weighted by Crippen LogP contribution is -2.31. The Bertz CT molecular complexity index is 846. The number of ether oxygens (including phenoxy) is 1. The third kappa shape index (κ3) is 5.99. The second kappa shape index (κ2) is 9.41. The first kappa shape index (κ1) is 20.8. The van der Waals surface area contributed by atoms with E-state index in [1.807, 2.05) is 19.9 Å². The van der Waals surface area contributed by atoms with Gasteiger partial charge < -0.3 is 9.64 Å². The van der Waals surface area contributed by atoms with Crippen LogP contribution in [0.3, 0.4) is 0 Å². The number of amides is 1. The summed E-state index contributed by atoms with van der Waals surface area (Å²) in [6.45, 7) is 3.44. The van der Waals surface area contributed by atoms with Crippen LogP contribution >= 0.6 is 11.3 Å². The van der Waals surface area contributed by atoms with Gasteiger partial charge in [-0.25, -0.2) is 4.39 Å². The molecule has 2 aromatic rings. The Morgan fingerprint density at radius 3 is 2.48 bits per heavy atom. The van der Waals surface area contributed by atoms with Gasteiger partial charge in [0.2, 0.25) is 0 Å². The zero-order valence-electron chi connectivity index (χ0n) is 15.6. The van der Waals surface area contributed by atoms with Crippen LogP contribution in [0.25, 0.3) is 0 Å². The van der Waals surface area contributed by atoms with Crippen molar-refractivity contribution in [1.82, 2.24) is 4.90 Å². The largest absolute Gasteiger partial charge is 0.456 e. The molecule has 5 nitrogen and oxygen atoms in total. The molecule has 0 spiro atoms. The number of likely N-dealkylation sites (N-methyl/N-ethyl adjacent to an activating group) is 1. The van der Waals surface area contributed by atoms with E-state index in [1.54, 1.807) is 18.2 Å². The smallest absolute Gasteiger partial charge is 0.306 e. The molecular weight excluding hydrogens is 369 g/mol. The van der Waals surface area contributed by atoms with Gasteiger partial charge in [-0.2, -0.15) is 0 Å². The molecular formula is C20H22FNO4S. The molecule has 1 heterocycles. The number of thiophene rings is 1. The van der Waals surface area contributed by atoms with Crippen LogP contribution < -0.4 is 0 Å². The monoisotopic (exact) mass is 391 g/mol. The van der Waals surface area contributed by atoms with E-state index in [-0.39, 0.29) is 25.2 Å². The molecule has 0 saturated carbocycles. The highest BCUT2D eigenvalue weighted by atomic mass is 32.1. The van der Waals surface area contributed by atoms with Gasteiger partial charge in [-0.1, -0.05) is 18.2 Å². The zero-order valence-corrected chi connectivity index (χ0v) is 16.4. The van der Waals surface area contributed by atoms with E-state index in [0.717, 1.165) is 9.75 Å². The van der Waals surface area contributed by atoms with Gasteiger partial charge in [-0.3, -0.25) is 14.4 Å². The predicted octanol–water partition coefficient (Wildman–Crippen LogP) is 3.67. The quantitative estimate of drug-likeness (QED) is 0.509. The number of ketones is 1. The number of benzene rings is 1. The number of rotatable bonds is 8. The molecule has 1 aromatic carbocycles. The third-order valence-corrected chi connectivity index (χ3v) is 5.01. The summed E-state index contributed by atoms with van der Waals surface area (Å²) >= 11 is 1.54. The van der Waals surface area contributed by atoms with Crippen molar-refractivity contribution in [2.75, 3.05) is 13.7 Å². The Hall–Kier alpha value is -2.54. The van der Waals surface area contributed by atoms with Crippen LogP contribution in [-0.4, -0.2) is 36.2 Å². The summed E-state index contributed by atoms with van der Waals surface area (Å²) in [5.74, 6) is -1.56. The molecule has 0 saturated heterocycles.